The summed E-state index contributed by atoms with van der Waals surface area (Å²) in [5.74, 6) is -1.07. The Labute approximate surface area is 126 Å². The maximum atomic E-state index is 11.8. The van der Waals surface area contributed by atoms with Crippen LogP contribution >= 0.6 is 0 Å². The van der Waals surface area contributed by atoms with Crippen LogP contribution in [0, 0.1) is 0 Å². The smallest absolute Gasteiger partial charge is 0.289 e. The summed E-state index contributed by atoms with van der Waals surface area (Å²) in [7, 11) is 0. The molecule has 0 aliphatic carbocycles. The van der Waals surface area contributed by atoms with E-state index in [0.29, 0.717) is 17.7 Å². The minimum atomic E-state index is -0.975. The van der Waals surface area contributed by atoms with Gasteiger partial charge in [-0.25, -0.2) is 0 Å². The Morgan fingerprint density at radius 1 is 1.09 bits per heavy atom. The third-order valence-electron chi connectivity index (χ3n) is 3.37. The Bertz CT molecular complexity index is 837. The second kappa shape index (κ2) is 5.73. The zero-order chi connectivity index (χ0) is 15.5. The zero-order valence-corrected chi connectivity index (χ0v) is 11.7. The molecule has 0 atom stereocenters. The van der Waals surface area contributed by atoms with Crippen LogP contribution in [0.15, 0.2) is 54.7 Å². The summed E-state index contributed by atoms with van der Waals surface area (Å²) < 4.78 is 5.72. The fraction of sp³-hybridized carbons (Fsp3) is 0.0588. The largest absolute Gasteiger partial charge is 0.489 e. The normalized spacial score (nSPS) is 10.5. The minimum Gasteiger partial charge on any atom is -0.489 e. The first-order valence-corrected chi connectivity index (χ1v) is 6.77. The molecule has 2 aromatic carbocycles. The number of hydrogen-bond donors (Lipinski definition) is 2. The first kappa shape index (κ1) is 13.9. The number of ketones is 1. The molecule has 0 aliphatic rings. The van der Waals surface area contributed by atoms with Crippen LogP contribution < -0.4 is 10.5 Å². The van der Waals surface area contributed by atoms with Crippen molar-refractivity contribution in [3.8, 4) is 5.75 Å². The second-order valence-corrected chi connectivity index (χ2v) is 4.88. The summed E-state index contributed by atoms with van der Waals surface area (Å²) in [6.45, 7) is 0.426. The Morgan fingerprint density at radius 3 is 2.59 bits per heavy atom. The van der Waals surface area contributed by atoms with Crippen molar-refractivity contribution in [3.05, 3.63) is 65.9 Å². The lowest BCUT2D eigenvalue weighted by Crippen LogP contribution is -2.22. The van der Waals surface area contributed by atoms with Crippen molar-refractivity contribution in [3.63, 3.8) is 0 Å². The van der Waals surface area contributed by atoms with Gasteiger partial charge >= 0.3 is 0 Å². The molecule has 110 valence electrons. The molecule has 3 rings (SSSR count). The van der Waals surface area contributed by atoms with Gasteiger partial charge in [-0.2, -0.15) is 0 Å². The molecule has 0 bridgehead atoms. The number of H-pyrrole nitrogens is 1. The highest BCUT2D eigenvalue weighted by Crippen LogP contribution is 2.24. The van der Waals surface area contributed by atoms with Crippen molar-refractivity contribution in [1.82, 2.24) is 4.98 Å². The van der Waals surface area contributed by atoms with E-state index in [1.54, 1.807) is 18.2 Å². The van der Waals surface area contributed by atoms with E-state index >= 15 is 0 Å². The predicted octanol–water partition coefficient (Wildman–Crippen LogP) is 2.41. The minimum absolute atomic E-state index is 0.257. The molecule has 1 amide bonds. The average Bonchev–Trinajstić information content (AvgIpc) is 2.96. The molecule has 0 spiro atoms. The van der Waals surface area contributed by atoms with Crippen LogP contribution in [-0.2, 0) is 11.4 Å². The summed E-state index contributed by atoms with van der Waals surface area (Å²) in [5.41, 5.74) is 7.11. The van der Waals surface area contributed by atoms with E-state index in [1.165, 1.54) is 6.20 Å². The molecule has 3 aromatic rings. The van der Waals surface area contributed by atoms with Gasteiger partial charge in [0.25, 0.3) is 11.7 Å². The number of amides is 1. The van der Waals surface area contributed by atoms with Gasteiger partial charge < -0.3 is 15.5 Å². The summed E-state index contributed by atoms with van der Waals surface area (Å²) in [5, 5.41) is 0.620. The molecule has 5 nitrogen and oxygen atoms in total. The number of carbonyl (C=O) groups excluding carboxylic acids is 2. The summed E-state index contributed by atoms with van der Waals surface area (Å²) in [4.78, 5) is 25.8. The SMILES string of the molecule is NC(=O)C(=O)c1c[nH]c2ccc(OCc3ccccc3)cc12. The fourth-order valence-electron chi connectivity index (χ4n) is 2.25. The topological polar surface area (TPSA) is 85.2 Å². The van der Waals surface area contributed by atoms with Gasteiger partial charge in [0.05, 0.1) is 5.56 Å². The lowest BCUT2D eigenvalue weighted by atomic mass is 10.1. The number of rotatable bonds is 5. The number of primary amides is 1. The van der Waals surface area contributed by atoms with Crippen molar-refractivity contribution >= 4 is 22.6 Å². The molecule has 1 heterocycles. The van der Waals surface area contributed by atoms with E-state index in [9.17, 15) is 9.59 Å². The maximum absolute atomic E-state index is 11.8. The lowest BCUT2D eigenvalue weighted by molar-refractivity contribution is -0.114. The van der Waals surface area contributed by atoms with E-state index in [1.807, 2.05) is 30.3 Å². The number of carbonyl (C=O) groups is 2. The Morgan fingerprint density at radius 2 is 1.86 bits per heavy atom. The van der Waals surface area contributed by atoms with Gasteiger partial charge in [0.1, 0.15) is 12.4 Å². The van der Waals surface area contributed by atoms with E-state index in [2.05, 4.69) is 4.98 Å². The molecular formula is C17H14N2O3. The molecule has 0 aliphatic heterocycles. The van der Waals surface area contributed by atoms with Crippen LogP contribution in [0.5, 0.6) is 5.75 Å². The van der Waals surface area contributed by atoms with Crippen molar-refractivity contribution in [1.29, 1.82) is 0 Å². The van der Waals surface area contributed by atoms with E-state index < -0.39 is 11.7 Å². The Balaban J connectivity index is 1.87. The average molecular weight is 294 g/mol. The number of benzene rings is 2. The first-order chi connectivity index (χ1) is 10.6. The quantitative estimate of drug-likeness (QED) is 0.559. The molecule has 22 heavy (non-hydrogen) atoms. The number of ether oxygens (including phenoxy) is 1. The van der Waals surface area contributed by atoms with Gasteiger partial charge in [0, 0.05) is 17.1 Å². The number of aromatic nitrogens is 1. The number of nitrogens with two attached hydrogens (primary N) is 1. The molecule has 0 unspecified atom stereocenters. The van der Waals surface area contributed by atoms with Crippen LogP contribution in [-0.4, -0.2) is 16.7 Å². The molecule has 0 saturated carbocycles. The third-order valence-corrected chi connectivity index (χ3v) is 3.37. The van der Waals surface area contributed by atoms with Crippen molar-refractivity contribution < 1.29 is 14.3 Å². The predicted molar refractivity (Wildman–Crippen MR) is 82.6 cm³/mol. The van der Waals surface area contributed by atoms with Crippen LogP contribution in [0.3, 0.4) is 0 Å². The van der Waals surface area contributed by atoms with Gasteiger partial charge in [0.2, 0.25) is 0 Å². The van der Waals surface area contributed by atoms with Gasteiger partial charge in [-0.1, -0.05) is 30.3 Å². The van der Waals surface area contributed by atoms with E-state index in [4.69, 9.17) is 10.5 Å². The van der Waals surface area contributed by atoms with E-state index in [-0.39, 0.29) is 5.56 Å². The van der Waals surface area contributed by atoms with Crippen molar-refractivity contribution in [2.24, 2.45) is 5.73 Å². The summed E-state index contributed by atoms with van der Waals surface area (Å²) in [6.07, 6.45) is 1.48. The molecule has 1 aromatic heterocycles. The lowest BCUT2D eigenvalue weighted by Gasteiger charge is -2.06. The second-order valence-electron chi connectivity index (χ2n) is 4.88. The molecule has 0 fully saturated rings. The molecule has 0 saturated heterocycles. The highest BCUT2D eigenvalue weighted by atomic mass is 16.5. The van der Waals surface area contributed by atoms with Crippen molar-refractivity contribution in [2.45, 2.75) is 6.61 Å². The zero-order valence-electron chi connectivity index (χ0n) is 11.7. The number of aromatic amines is 1. The molecule has 0 radical (unpaired) electrons. The molecule has 5 heteroatoms. The highest BCUT2D eigenvalue weighted by Gasteiger charge is 2.17. The van der Waals surface area contributed by atoms with Gasteiger partial charge in [0.15, 0.2) is 0 Å². The summed E-state index contributed by atoms with van der Waals surface area (Å²) in [6, 6.07) is 15.1. The molecular weight excluding hydrogens is 280 g/mol. The van der Waals surface area contributed by atoms with Crippen LogP contribution in [0.1, 0.15) is 15.9 Å². The Kier molecular flexibility index (Phi) is 3.62. The third kappa shape index (κ3) is 2.69. The number of Topliss-reactive ketones (excluding diaryl/α,β-unsaturated/α-hetero) is 1. The standard InChI is InChI=1S/C17H14N2O3/c18-17(21)16(20)14-9-19-15-7-6-12(8-13(14)15)22-10-11-4-2-1-3-5-11/h1-9,19H,10H2,(H2,18,21). The van der Waals surface area contributed by atoms with E-state index in [0.717, 1.165) is 11.1 Å². The van der Waals surface area contributed by atoms with Crippen molar-refractivity contribution in [2.75, 3.05) is 0 Å². The first-order valence-electron chi connectivity index (χ1n) is 6.77. The number of fused-ring (bicyclic) bond motifs is 1. The maximum Gasteiger partial charge on any atom is 0.289 e. The number of nitrogens with one attached hydrogen (secondary N) is 1. The number of hydrogen-bond acceptors (Lipinski definition) is 3. The van der Waals surface area contributed by atoms with Gasteiger partial charge in [-0.15, -0.1) is 0 Å². The van der Waals surface area contributed by atoms with Crippen LogP contribution in [0.25, 0.3) is 10.9 Å². The Hall–Kier alpha value is -3.08. The van der Waals surface area contributed by atoms with Crippen LogP contribution in [0.4, 0.5) is 0 Å². The van der Waals surface area contributed by atoms with Crippen LogP contribution in [0.2, 0.25) is 0 Å². The highest BCUT2D eigenvalue weighted by molar-refractivity contribution is 6.44. The monoisotopic (exact) mass is 294 g/mol. The fourth-order valence-corrected chi connectivity index (χ4v) is 2.25. The summed E-state index contributed by atoms with van der Waals surface area (Å²) >= 11 is 0. The van der Waals surface area contributed by atoms with Gasteiger partial charge in [-0.3, -0.25) is 9.59 Å². The molecule has 3 N–H and O–H groups in total. The van der Waals surface area contributed by atoms with Gasteiger partial charge in [-0.05, 0) is 23.8 Å².